The molecule has 0 radical (unpaired) electrons. The third-order valence-corrected chi connectivity index (χ3v) is 5.60. The summed E-state index contributed by atoms with van der Waals surface area (Å²) in [6, 6.07) is 3.65. The van der Waals surface area contributed by atoms with E-state index in [0.29, 0.717) is 36.2 Å². The maximum absolute atomic E-state index is 11.9. The number of hydrogen-bond donors (Lipinski definition) is 1. The van der Waals surface area contributed by atoms with Crippen molar-refractivity contribution in [2.24, 2.45) is 11.3 Å². The first-order valence-electron chi connectivity index (χ1n) is 8.92. The second kappa shape index (κ2) is 7.62. The first kappa shape index (κ1) is 19.3. The zero-order valence-electron chi connectivity index (χ0n) is 15.5. The number of rotatable bonds is 6. The third-order valence-electron chi connectivity index (χ3n) is 5.25. The second-order valence-corrected chi connectivity index (χ2v) is 7.84. The number of benzene rings is 1. The quantitative estimate of drug-likeness (QED) is 0.814. The minimum atomic E-state index is -0.810. The van der Waals surface area contributed by atoms with E-state index in [1.54, 1.807) is 13.2 Å². The molecule has 144 valence electrons. The molecule has 1 aromatic carbocycles. The molecular weight excluding hydrogens is 358 g/mol. The SMILES string of the molecule is COc1cc(CN2C[C@@H]3CCOC[C@]3(C(=O)O)C2)c(Cl)cc1OC(C)C. The molecule has 0 aliphatic carbocycles. The summed E-state index contributed by atoms with van der Waals surface area (Å²) in [5, 5.41) is 10.4. The van der Waals surface area contributed by atoms with Crippen molar-refractivity contribution < 1.29 is 24.1 Å². The maximum atomic E-state index is 11.9. The fourth-order valence-electron chi connectivity index (χ4n) is 3.96. The Morgan fingerprint density at radius 2 is 2.23 bits per heavy atom. The normalized spacial score (nSPS) is 26.0. The summed E-state index contributed by atoms with van der Waals surface area (Å²) in [6.07, 6.45) is 0.795. The molecule has 1 aromatic rings. The van der Waals surface area contributed by atoms with Gasteiger partial charge in [0, 0.05) is 37.3 Å². The average Bonchev–Trinajstić information content (AvgIpc) is 2.96. The van der Waals surface area contributed by atoms with Crippen LogP contribution in [0.4, 0.5) is 0 Å². The van der Waals surface area contributed by atoms with E-state index < -0.39 is 11.4 Å². The number of carboxylic acids is 1. The molecule has 2 aliphatic heterocycles. The number of carbonyl (C=O) groups is 1. The predicted octanol–water partition coefficient (Wildman–Crippen LogP) is 3.06. The second-order valence-electron chi connectivity index (χ2n) is 7.43. The van der Waals surface area contributed by atoms with Crippen LogP contribution in [0.1, 0.15) is 25.8 Å². The van der Waals surface area contributed by atoms with Crippen LogP contribution in [0.15, 0.2) is 12.1 Å². The van der Waals surface area contributed by atoms with Gasteiger partial charge < -0.3 is 19.3 Å². The van der Waals surface area contributed by atoms with Crippen LogP contribution in [0.2, 0.25) is 5.02 Å². The van der Waals surface area contributed by atoms with Gasteiger partial charge in [-0.25, -0.2) is 0 Å². The summed E-state index contributed by atoms with van der Waals surface area (Å²) in [6.45, 7) is 6.57. The van der Waals surface area contributed by atoms with E-state index in [2.05, 4.69) is 4.90 Å². The number of aliphatic carboxylic acids is 1. The third kappa shape index (κ3) is 3.63. The number of likely N-dealkylation sites (tertiary alicyclic amines) is 1. The number of methoxy groups -OCH3 is 1. The van der Waals surface area contributed by atoms with Crippen molar-refractivity contribution in [3.8, 4) is 11.5 Å². The highest BCUT2D eigenvalue weighted by atomic mass is 35.5. The standard InChI is InChI=1S/C19H26ClNO5/c1-12(2)26-17-7-15(20)13(6-16(17)24-3)8-21-9-14-4-5-25-11-19(14,10-21)18(22)23/h6-7,12,14H,4-5,8-11H2,1-3H3,(H,22,23)/t14-,19+/m0/s1. The van der Waals surface area contributed by atoms with Crippen LogP contribution in [-0.4, -0.2) is 55.5 Å². The van der Waals surface area contributed by atoms with Crippen molar-refractivity contribution in [3.05, 3.63) is 22.7 Å². The molecule has 0 amide bonds. The van der Waals surface area contributed by atoms with Crippen molar-refractivity contribution in [1.29, 1.82) is 0 Å². The zero-order chi connectivity index (χ0) is 18.9. The largest absolute Gasteiger partial charge is 0.493 e. The van der Waals surface area contributed by atoms with Gasteiger partial charge in [-0.2, -0.15) is 0 Å². The van der Waals surface area contributed by atoms with Gasteiger partial charge in [0.15, 0.2) is 11.5 Å². The molecule has 0 aromatic heterocycles. The molecule has 2 saturated heterocycles. The van der Waals surface area contributed by atoms with Crippen molar-refractivity contribution in [2.45, 2.75) is 32.9 Å². The Bertz CT molecular complexity index is 680. The molecule has 7 heteroatoms. The van der Waals surface area contributed by atoms with E-state index in [1.165, 1.54) is 0 Å². The van der Waals surface area contributed by atoms with Gasteiger partial charge >= 0.3 is 5.97 Å². The lowest BCUT2D eigenvalue weighted by atomic mass is 9.76. The highest BCUT2D eigenvalue weighted by Crippen LogP contribution is 2.43. The highest BCUT2D eigenvalue weighted by Gasteiger charge is 2.54. The fourth-order valence-corrected chi connectivity index (χ4v) is 4.17. The molecule has 0 bridgehead atoms. The van der Waals surface area contributed by atoms with E-state index in [-0.39, 0.29) is 18.6 Å². The molecule has 0 unspecified atom stereocenters. The first-order chi connectivity index (χ1) is 12.4. The van der Waals surface area contributed by atoms with E-state index >= 15 is 0 Å². The Morgan fingerprint density at radius 3 is 2.85 bits per heavy atom. The summed E-state index contributed by atoms with van der Waals surface area (Å²) < 4.78 is 16.7. The summed E-state index contributed by atoms with van der Waals surface area (Å²) in [4.78, 5) is 14.1. The van der Waals surface area contributed by atoms with Crippen molar-refractivity contribution in [2.75, 3.05) is 33.4 Å². The summed E-state index contributed by atoms with van der Waals surface area (Å²) in [5.41, 5.74) is 0.0925. The van der Waals surface area contributed by atoms with Gasteiger partial charge in [0.2, 0.25) is 0 Å². The van der Waals surface area contributed by atoms with Crippen LogP contribution in [0.5, 0.6) is 11.5 Å². The molecule has 3 rings (SSSR count). The molecular formula is C19H26ClNO5. The van der Waals surface area contributed by atoms with Crippen molar-refractivity contribution in [3.63, 3.8) is 0 Å². The van der Waals surface area contributed by atoms with Gasteiger partial charge in [-0.1, -0.05) is 11.6 Å². The monoisotopic (exact) mass is 383 g/mol. The topological polar surface area (TPSA) is 68.2 Å². The fraction of sp³-hybridized carbons (Fsp3) is 0.632. The van der Waals surface area contributed by atoms with E-state index in [0.717, 1.165) is 18.5 Å². The average molecular weight is 384 g/mol. The molecule has 2 atom stereocenters. The minimum absolute atomic E-state index is 0.0166. The Labute approximate surface area is 159 Å². The number of hydrogen-bond acceptors (Lipinski definition) is 5. The number of ether oxygens (including phenoxy) is 3. The van der Waals surface area contributed by atoms with Gasteiger partial charge in [0.1, 0.15) is 5.41 Å². The lowest BCUT2D eigenvalue weighted by molar-refractivity contribution is -0.159. The Hall–Kier alpha value is -1.50. The van der Waals surface area contributed by atoms with Crippen LogP contribution in [0.3, 0.4) is 0 Å². The van der Waals surface area contributed by atoms with Crippen LogP contribution in [-0.2, 0) is 16.1 Å². The minimum Gasteiger partial charge on any atom is -0.493 e. The molecule has 2 aliphatic rings. The predicted molar refractivity (Wildman–Crippen MR) is 98.0 cm³/mol. The molecule has 0 saturated carbocycles. The van der Waals surface area contributed by atoms with E-state index in [1.807, 2.05) is 19.9 Å². The van der Waals surface area contributed by atoms with E-state index in [9.17, 15) is 9.90 Å². The summed E-state index contributed by atoms with van der Waals surface area (Å²) >= 11 is 6.47. The Morgan fingerprint density at radius 1 is 1.46 bits per heavy atom. The van der Waals surface area contributed by atoms with Gasteiger partial charge in [-0.05, 0) is 37.8 Å². The lowest BCUT2D eigenvalue weighted by Crippen LogP contribution is -2.46. The van der Waals surface area contributed by atoms with Crippen LogP contribution in [0, 0.1) is 11.3 Å². The zero-order valence-corrected chi connectivity index (χ0v) is 16.2. The molecule has 2 heterocycles. The maximum Gasteiger partial charge on any atom is 0.313 e. The van der Waals surface area contributed by atoms with Crippen molar-refractivity contribution >= 4 is 17.6 Å². The smallest absolute Gasteiger partial charge is 0.313 e. The molecule has 1 N–H and O–H groups in total. The molecule has 26 heavy (non-hydrogen) atoms. The number of halogens is 1. The van der Waals surface area contributed by atoms with Gasteiger partial charge in [-0.3, -0.25) is 9.69 Å². The van der Waals surface area contributed by atoms with Gasteiger partial charge in [0.05, 0.1) is 19.8 Å². The van der Waals surface area contributed by atoms with Crippen LogP contribution < -0.4 is 9.47 Å². The number of nitrogens with zero attached hydrogens (tertiary/aromatic N) is 1. The van der Waals surface area contributed by atoms with Crippen LogP contribution in [0.25, 0.3) is 0 Å². The molecule has 6 nitrogen and oxygen atoms in total. The highest BCUT2D eigenvalue weighted by molar-refractivity contribution is 6.31. The summed E-state index contributed by atoms with van der Waals surface area (Å²) in [7, 11) is 1.60. The lowest BCUT2D eigenvalue weighted by Gasteiger charge is -2.34. The van der Waals surface area contributed by atoms with Gasteiger partial charge in [0.25, 0.3) is 0 Å². The first-order valence-corrected chi connectivity index (χ1v) is 9.30. The molecule has 2 fully saturated rings. The number of fused-ring (bicyclic) bond motifs is 1. The van der Waals surface area contributed by atoms with Crippen LogP contribution >= 0.6 is 11.6 Å². The summed E-state index contributed by atoms with van der Waals surface area (Å²) in [5.74, 6) is 0.583. The number of carboxylic acid groups (broad SMARTS) is 1. The Balaban J connectivity index is 1.80. The van der Waals surface area contributed by atoms with E-state index in [4.69, 9.17) is 25.8 Å². The van der Waals surface area contributed by atoms with Crippen molar-refractivity contribution in [1.82, 2.24) is 4.90 Å². The Kier molecular flexibility index (Phi) is 5.65. The molecule has 0 spiro atoms. The van der Waals surface area contributed by atoms with Gasteiger partial charge in [-0.15, -0.1) is 0 Å².